The fraction of sp³-hybridized carbons (Fsp3) is 0.484. The molecule has 1 aromatic heterocycles. The molecule has 2 fully saturated rings. The molecule has 5 rings (SSSR count). The summed E-state index contributed by atoms with van der Waals surface area (Å²) in [5, 5.41) is 0.778. The average Bonchev–Trinajstić information content (AvgIpc) is 2.97. The van der Waals surface area contributed by atoms with Gasteiger partial charge in [0.15, 0.2) is 17.9 Å². The van der Waals surface area contributed by atoms with Crippen LogP contribution in [-0.2, 0) is 9.53 Å². The zero-order chi connectivity index (χ0) is 27.2. The lowest BCUT2D eigenvalue weighted by Crippen LogP contribution is -2.52. The van der Waals surface area contributed by atoms with Crippen molar-refractivity contribution in [2.24, 2.45) is 5.92 Å². The number of hydrogen-bond donors (Lipinski definition) is 0. The first-order chi connectivity index (χ1) is 19.1. The molecule has 3 aromatic rings. The van der Waals surface area contributed by atoms with Crippen molar-refractivity contribution in [1.82, 2.24) is 9.80 Å². The summed E-state index contributed by atoms with van der Waals surface area (Å²) < 4.78 is 22.0. The molecular formula is C31H38N2O6. The molecule has 2 unspecified atom stereocenters. The minimum atomic E-state index is -0.441. The minimum absolute atomic E-state index is 0.0341. The lowest BCUT2D eigenvalue weighted by molar-refractivity contribution is -0.135. The van der Waals surface area contributed by atoms with Crippen molar-refractivity contribution in [2.75, 3.05) is 53.6 Å². The molecule has 1 amide bonds. The Hall–Kier alpha value is -3.36. The number of carbonyl (C=O) groups is 1. The summed E-state index contributed by atoms with van der Waals surface area (Å²) in [4.78, 5) is 30.5. The minimum Gasteiger partial charge on any atom is -0.493 e. The lowest BCUT2D eigenvalue weighted by Gasteiger charge is -2.45. The van der Waals surface area contributed by atoms with Gasteiger partial charge >= 0.3 is 5.63 Å². The highest BCUT2D eigenvalue weighted by Gasteiger charge is 2.34. The molecule has 0 bridgehead atoms. The summed E-state index contributed by atoms with van der Waals surface area (Å²) in [6, 6.07) is 15.0. The molecule has 2 atom stereocenters. The Kier molecular flexibility index (Phi) is 8.84. The van der Waals surface area contributed by atoms with E-state index in [1.165, 1.54) is 38.8 Å². The monoisotopic (exact) mass is 534 g/mol. The average molecular weight is 535 g/mol. The van der Waals surface area contributed by atoms with E-state index >= 15 is 0 Å². The largest absolute Gasteiger partial charge is 0.493 e. The van der Waals surface area contributed by atoms with Crippen LogP contribution in [-0.4, -0.2) is 75.4 Å². The summed E-state index contributed by atoms with van der Waals surface area (Å²) in [5.74, 6) is 1.55. The van der Waals surface area contributed by atoms with E-state index in [9.17, 15) is 9.59 Å². The zero-order valence-electron chi connectivity index (χ0n) is 22.9. The lowest BCUT2D eigenvalue weighted by atomic mass is 9.83. The van der Waals surface area contributed by atoms with E-state index in [2.05, 4.69) is 4.90 Å². The van der Waals surface area contributed by atoms with Gasteiger partial charge in [-0.05, 0) is 74.5 Å². The van der Waals surface area contributed by atoms with Gasteiger partial charge in [0.05, 0.1) is 19.3 Å². The van der Waals surface area contributed by atoms with Gasteiger partial charge in [-0.25, -0.2) is 4.79 Å². The van der Waals surface area contributed by atoms with Gasteiger partial charge in [0.25, 0.3) is 5.91 Å². The van der Waals surface area contributed by atoms with Crippen molar-refractivity contribution in [3.05, 3.63) is 59.0 Å². The Balaban J connectivity index is 1.23. The fourth-order valence-corrected chi connectivity index (χ4v) is 6.04. The van der Waals surface area contributed by atoms with E-state index in [4.69, 9.17) is 18.6 Å². The second kappa shape index (κ2) is 12.7. The topological polar surface area (TPSA) is 81.5 Å². The number of fused-ring (bicyclic) bond motifs is 2. The van der Waals surface area contributed by atoms with E-state index in [1.807, 2.05) is 17.0 Å². The van der Waals surface area contributed by atoms with E-state index in [-0.39, 0.29) is 12.5 Å². The van der Waals surface area contributed by atoms with Gasteiger partial charge in [0.2, 0.25) is 0 Å². The second-order valence-electron chi connectivity index (χ2n) is 10.5. The van der Waals surface area contributed by atoms with Crippen molar-refractivity contribution >= 4 is 16.9 Å². The standard InChI is InChI=1S/C31H38N2O6/c1-36-18-17-33(20-24-8-6-16-32-15-4-3-9-27(24)32)29(34)21-38-25-13-11-22(12-14-25)26-19-23-7-5-10-28(37-2)30(23)39-31(26)35/h5,7,10-14,19,24,27H,3-4,6,8-9,15-18,20-21H2,1-2H3. The smallest absolute Gasteiger partial charge is 0.344 e. The van der Waals surface area contributed by atoms with Crippen LogP contribution in [0.2, 0.25) is 0 Å². The molecule has 2 aromatic carbocycles. The van der Waals surface area contributed by atoms with Crippen molar-refractivity contribution in [1.29, 1.82) is 0 Å². The predicted molar refractivity (Wildman–Crippen MR) is 150 cm³/mol. The molecule has 2 saturated heterocycles. The summed E-state index contributed by atoms with van der Waals surface area (Å²) in [6.45, 7) is 4.13. The first-order valence-corrected chi connectivity index (χ1v) is 13.9. The summed E-state index contributed by atoms with van der Waals surface area (Å²) >= 11 is 0. The zero-order valence-corrected chi connectivity index (χ0v) is 22.9. The van der Waals surface area contributed by atoms with Crippen LogP contribution >= 0.6 is 0 Å². The summed E-state index contributed by atoms with van der Waals surface area (Å²) in [7, 11) is 3.21. The van der Waals surface area contributed by atoms with Crippen LogP contribution in [0.1, 0.15) is 32.1 Å². The number of nitrogens with zero attached hydrogens (tertiary/aromatic N) is 2. The van der Waals surface area contributed by atoms with Gasteiger partial charge in [-0.3, -0.25) is 4.79 Å². The van der Waals surface area contributed by atoms with Gasteiger partial charge in [0, 0.05) is 31.6 Å². The van der Waals surface area contributed by atoms with Gasteiger partial charge in [-0.2, -0.15) is 0 Å². The van der Waals surface area contributed by atoms with Crippen molar-refractivity contribution < 1.29 is 23.4 Å². The highest BCUT2D eigenvalue weighted by Crippen LogP contribution is 2.32. The number of hydrogen-bond acceptors (Lipinski definition) is 7. The highest BCUT2D eigenvalue weighted by molar-refractivity contribution is 5.86. The number of amides is 1. The SMILES string of the molecule is COCCN(CC1CCCN2CCCCC12)C(=O)COc1ccc(-c2cc3cccc(OC)c3oc2=O)cc1. The Bertz CT molecular complexity index is 1320. The Morgan fingerprint density at radius 2 is 1.87 bits per heavy atom. The third kappa shape index (κ3) is 6.28. The third-order valence-corrected chi connectivity index (χ3v) is 8.07. The third-order valence-electron chi connectivity index (χ3n) is 8.07. The molecule has 208 valence electrons. The van der Waals surface area contributed by atoms with Crippen LogP contribution in [0.15, 0.2) is 57.7 Å². The Labute approximate surface area is 229 Å². The molecule has 8 nitrogen and oxygen atoms in total. The van der Waals surface area contributed by atoms with Crippen molar-refractivity contribution in [3.63, 3.8) is 0 Å². The highest BCUT2D eigenvalue weighted by atomic mass is 16.5. The fourth-order valence-electron chi connectivity index (χ4n) is 6.04. The first-order valence-electron chi connectivity index (χ1n) is 13.9. The maximum Gasteiger partial charge on any atom is 0.344 e. The summed E-state index contributed by atoms with van der Waals surface area (Å²) in [5.41, 5.74) is 1.15. The first kappa shape index (κ1) is 27.2. The van der Waals surface area contributed by atoms with Crippen molar-refractivity contribution in [2.45, 2.75) is 38.1 Å². The van der Waals surface area contributed by atoms with Crippen LogP contribution < -0.4 is 15.1 Å². The number of methoxy groups -OCH3 is 2. The summed E-state index contributed by atoms with van der Waals surface area (Å²) in [6.07, 6.45) is 6.14. The molecule has 0 radical (unpaired) electrons. The molecule has 0 N–H and O–H groups in total. The van der Waals surface area contributed by atoms with Gasteiger partial charge in [-0.15, -0.1) is 0 Å². The molecular weight excluding hydrogens is 496 g/mol. The second-order valence-corrected chi connectivity index (χ2v) is 10.5. The number of para-hydroxylation sites is 1. The molecule has 3 heterocycles. The molecule has 0 saturated carbocycles. The molecule has 0 aliphatic carbocycles. The van der Waals surface area contributed by atoms with Crippen LogP contribution in [0, 0.1) is 5.92 Å². The maximum atomic E-state index is 13.2. The van der Waals surface area contributed by atoms with E-state index in [0.29, 0.717) is 53.3 Å². The Morgan fingerprint density at radius 1 is 1.05 bits per heavy atom. The van der Waals surface area contributed by atoms with Crippen molar-refractivity contribution in [3.8, 4) is 22.6 Å². The molecule has 8 heteroatoms. The molecule has 2 aliphatic rings. The van der Waals surface area contributed by atoms with Crippen LogP contribution in [0.4, 0.5) is 0 Å². The molecule has 0 spiro atoms. The molecule has 2 aliphatic heterocycles. The van der Waals surface area contributed by atoms with Crippen LogP contribution in [0.3, 0.4) is 0 Å². The number of benzene rings is 2. The van der Waals surface area contributed by atoms with Gasteiger partial charge in [0.1, 0.15) is 5.75 Å². The van der Waals surface area contributed by atoms with E-state index in [0.717, 1.165) is 18.4 Å². The van der Waals surface area contributed by atoms with E-state index < -0.39 is 5.63 Å². The number of ether oxygens (including phenoxy) is 3. The van der Waals surface area contributed by atoms with Crippen LogP contribution in [0.25, 0.3) is 22.1 Å². The van der Waals surface area contributed by atoms with Crippen LogP contribution in [0.5, 0.6) is 11.5 Å². The number of carbonyl (C=O) groups excluding carboxylic acids is 1. The van der Waals surface area contributed by atoms with E-state index in [1.54, 1.807) is 50.6 Å². The number of rotatable bonds is 10. The number of piperidine rings is 2. The molecule has 39 heavy (non-hydrogen) atoms. The van der Waals surface area contributed by atoms with Gasteiger partial charge in [-0.1, -0.05) is 30.7 Å². The van der Waals surface area contributed by atoms with Gasteiger partial charge < -0.3 is 28.4 Å². The predicted octanol–water partition coefficient (Wildman–Crippen LogP) is 4.59. The maximum absolute atomic E-state index is 13.2. The Morgan fingerprint density at radius 3 is 2.67 bits per heavy atom. The normalized spacial score (nSPS) is 19.4. The quantitative estimate of drug-likeness (QED) is 0.352.